The van der Waals surface area contributed by atoms with Gasteiger partial charge in [0.05, 0.1) is 11.3 Å². The third-order valence-electron chi connectivity index (χ3n) is 3.05. The average Bonchev–Trinajstić information content (AvgIpc) is 2.71. The largest absolute Gasteiger partial charge is 0.345 e. The SMILES string of the molecule is CC(=O)c1c(C)nsc1Nc1ccccc1C(C)C. The lowest BCUT2D eigenvalue weighted by Crippen LogP contribution is -2.01. The number of carbonyl (C=O) groups is 1. The monoisotopic (exact) mass is 274 g/mol. The highest BCUT2D eigenvalue weighted by Crippen LogP contribution is 2.32. The molecule has 2 rings (SSSR count). The zero-order valence-electron chi connectivity index (χ0n) is 11.7. The molecule has 2 aromatic rings. The van der Waals surface area contributed by atoms with Crippen LogP contribution >= 0.6 is 11.5 Å². The minimum absolute atomic E-state index is 0.0516. The fourth-order valence-electron chi connectivity index (χ4n) is 2.11. The summed E-state index contributed by atoms with van der Waals surface area (Å²) in [5.74, 6) is 0.481. The Kier molecular flexibility index (Phi) is 4.00. The van der Waals surface area contributed by atoms with Crippen molar-refractivity contribution >= 4 is 28.0 Å². The number of aryl methyl sites for hydroxylation is 1. The number of hydrogen-bond acceptors (Lipinski definition) is 4. The van der Waals surface area contributed by atoms with Crippen LogP contribution in [-0.2, 0) is 0 Å². The van der Waals surface area contributed by atoms with E-state index in [0.717, 1.165) is 16.4 Å². The lowest BCUT2D eigenvalue weighted by atomic mass is 10.0. The third kappa shape index (κ3) is 2.84. The van der Waals surface area contributed by atoms with Crippen molar-refractivity contribution in [2.45, 2.75) is 33.6 Å². The van der Waals surface area contributed by atoms with Gasteiger partial charge in [0.25, 0.3) is 0 Å². The van der Waals surface area contributed by atoms with Crippen molar-refractivity contribution in [3.8, 4) is 0 Å². The van der Waals surface area contributed by atoms with Crippen molar-refractivity contribution in [1.82, 2.24) is 4.37 Å². The van der Waals surface area contributed by atoms with Gasteiger partial charge < -0.3 is 5.32 Å². The molecule has 1 aromatic carbocycles. The maximum absolute atomic E-state index is 11.7. The summed E-state index contributed by atoms with van der Waals surface area (Å²) in [6.45, 7) is 7.76. The molecule has 1 N–H and O–H groups in total. The maximum atomic E-state index is 11.7. The van der Waals surface area contributed by atoms with Crippen LogP contribution in [0.15, 0.2) is 24.3 Å². The fraction of sp³-hybridized carbons (Fsp3) is 0.333. The highest BCUT2D eigenvalue weighted by Gasteiger charge is 2.16. The van der Waals surface area contributed by atoms with Gasteiger partial charge in [-0.1, -0.05) is 32.0 Å². The molecule has 0 spiro atoms. The smallest absolute Gasteiger partial charge is 0.164 e. The van der Waals surface area contributed by atoms with E-state index in [-0.39, 0.29) is 5.78 Å². The minimum Gasteiger partial charge on any atom is -0.345 e. The second-order valence-corrected chi connectivity index (χ2v) is 5.67. The summed E-state index contributed by atoms with van der Waals surface area (Å²) in [6.07, 6.45) is 0. The molecule has 19 heavy (non-hydrogen) atoms. The van der Waals surface area contributed by atoms with Gasteiger partial charge in [0, 0.05) is 5.69 Å². The van der Waals surface area contributed by atoms with Crippen LogP contribution in [0.25, 0.3) is 0 Å². The van der Waals surface area contributed by atoms with Crippen molar-refractivity contribution < 1.29 is 4.79 Å². The molecule has 0 bridgehead atoms. The molecule has 1 aromatic heterocycles. The number of nitrogens with one attached hydrogen (secondary N) is 1. The van der Waals surface area contributed by atoms with E-state index in [1.165, 1.54) is 17.1 Å². The van der Waals surface area contributed by atoms with Crippen LogP contribution in [-0.4, -0.2) is 10.2 Å². The van der Waals surface area contributed by atoms with Crippen LogP contribution in [0.2, 0.25) is 0 Å². The first-order chi connectivity index (χ1) is 9.00. The van der Waals surface area contributed by atoms with E-state index < -0.39 is 0 Å². The number of para-hydroxylation sites is 1. The van der Waals surface area contributed by atoms with Gasteiger partial charge in [0.15, 0.2) is 5.78 Å². The molecular formula is C15H18N2OS. The number of aromatic nitrogens is 1. The fourth-order valence-corrected chi connectivity index (χ4v) is 2.96. The maximum Gasteiger partial charge on any atom is 0.164 e. The van der Waals surface area contributed by atoms with E-state index in [1.807, 2.05) is 25.1 Å². The van der Waals surface area contributed by atoms with Crippen molar-refractivity contribution in [2.24, 2.45) is 0 Å². The Morgan fingerprint density at radius 1 is 1.32 bits per heavy atom. The first-order valence-electron chi connectivity index (χ1n) is 6.34. The Balaban J connectivity index is 2.40. The zero-order valence-corrected chi connectivity index (χ0v) is 12.5. The Morgan fingerprint density at radius 3 is 2.63 bits per heavy atom. The summed E-state index contributed by atoms with van der Waals surface area (Å²) in [5, 5.41) is 4.19. The van der Waals surface area contributed by atoms with E-state index in [0.29, 0.717) is 11.5 Å². The number of rotatable bonds is 4. The summed E-state index contributed by atoms with van der Waals surface area (Å²) in [7, 11) is 0. The minimum atomic E-state index is 0.0516. The third-order valence-corrected chi connectivity index (χ3v) is 3.90. The number of Topliss-reactive ketones (excluding diaryl/α,β-unsaturated/α-hetero) is 1. The Labute approximate surface area is 117 Å². The predicted octanol–water partition coefficient (Wildman–Crippen LogP) is 4.52. The molecule has 0 saturated heterocycles. The van der Waals surface area contributed by atoms with Gasteiger partial charge in [-0.25, -0.2) is 0 Å². The predicted molar refractivity (Wildman–Crippen MR) is 80.7 cm³/mol. The Morgan fingerprint density at radius 2 is 2.00 bits per heavy atom. The van der Waals surface area contributed by atoms with E-state index in [1.54, 1.807) is 6.92 Å². The summed E-state index contributed by atoms with van der Waals surface area (Å²) in [4.78, 5) is 11.7. The number of hydrogen-bond donors (Lipinski definition) is 1. The molecule has 0 saturated carbocycles. The molecule has 0 aliphatic rings. The van der Waals surface area contributed by atoms with Crippen molar-refractivity contribution in [1.29, 1.82) is 0 Å². The molecule has 0 aliphatic heterocycles. The number of ketones is 1. The quantitative estimate of drug-likeness (QED) is 0.833. The van der Waals surface area contributed by atoms with Crippen LogP contribution in [0, 0.1) is 6.92 Å². The summed E-state index contributed by atoms with van der Waals surface area (Å²) in [5.41, 5.74) is 3.78. The molecule has 0 atom stereocenters. The van der Waals surface area contributed by atoms with Gasteiger partial charge in [0.1, 0.15) is 5.00 Å². The van der Waals surface area contributed by atoms with E-state index >= 15 is 0 Å². The Hall–Kier alpha value is -1.68. The molecule has 4 heteroatoms. The number of nitrogens with zero attached hydrogens (tertiary/aromatic N) is 1. The van der Waals surface area contributed by atoms with Gasteiger partial charge in [-0.2, -0.15) is 4.37 Å². The van der Waals surface area contributed by atoms with Gasteiger partial charge in [-0.05, 0) is 42.9 Å². The summed E-state index contributed by atoms with van der Waals surface area (Å²) < 4.78 is 4.27. The van der Waals surface area contributed by atoms with E-state index in [2.05, 4.69) is 29.6 Å². The average molecular weight is 274 g/mol. The zero-order chi connectivity index (χ0) is 14.0. The molecule has 0 aliphatic carbocycles. The summed E-state index contributed by atoms with van der Waals surface area (Å²) >= 11 is 1.34. The number of benzene rings is 1. The first-order valence-corrected chi connectivity index (χ1v) is 7.11. The van der Waals surface area contributed by atoms with Gasteiger partial charge in [-0.3, -0.25) is 4.79 Å². The van der Waals surface area contributed by atoms with Crippen LogP contribution in [0.5, 0.6) is 0 Å². The molecule has 100 valence electrons. The van der Waals surface area contributed by atoms with Crippen LogP contribution in [0.1, 0.15) is 48.3 Å². The molecule has 0 unspecified atom stereocenters. The van der Waals surface area contributed by atoms with Gasteiger partial charge >= 0.3 is 0 Å². The molecule has 0 fully saturated rings. The number of carbonyl (C=O) groups excluding carboxylic acids is 1. The first kappa shape index (κ1) is 13.7. The van der Waals surface area contributed by atoms with Crippen LogP contribution in [0.4, 0.5) is 10.7 Å². The molecule has 3 nitrogen and oxygen atoms in total. The molecule has 1 heterocycles. The molecule has 0 amide bonds. The topological polar surface area (TPSA) is 42.0 Å². The molecule has 0 radical (unpaired) electrons. The number of anilines is 2. The van der Waals surface area contributed by atoms with E-state index in [9.17, 15) is 4.79 Å². The lowest BCUT2D eigenvalue weighted by molar-refractivity contribution is 0.101. The van der Waals surface area contributed by atoms with Gasteiger partial charge in [0.2, 0.25) is 0 Å². The second-order valence-electron chi connectivity index (χ2n) is 4.90. The Bertz CT molecular complexity index is 602. The van der Waals surface area contributed by atoms with Crippen LogP contribution in [0.3, 0.4) is 0 Å². The lowest BCUT2D eigenvalue weighted by Gasteiger charge is -2.13. The highest BCUT2D eigenvalue weighted by atomic mass is 32.1. The normalized spacial score (nSPS) is 10.8. The highest BCUT2D eigenvalue weighted by molar-refractivity contribution is 7.10. The summed E-state index contributed by atoms with van der Waals surface area (Å²) in [6, 6.07) is 8.17. The van der Waals surface area contributed by atoms with Gasteiger partial charge in [-0.15, -0.1) is 0 Å². The van der Waals surface area contributed by atoms with Crippen molar-refractivity contribution in [3.05, 3.63) is 41.1 Å². The second kappa shape index (κ2) is 5.53. The van der Waals surface area contributed by atoms with Crippen LogP contribution < -0.4 is 5.32 Å². The van der Waals surface area contributed by atoms with Crippen molar-refractivity contribution in [3.63, 3.8) is 0 Å². The standard InChI is InChI=1S/C15H18N2OS/c1-9(2)12-7-5-6-8-13(12)16-15-14(11(4)18)10(3)17-19-15/h5-9,16H,1-4H3. The molecular weight excluding hydrogens is 256 g/mol. The van der Waals surface area contributed by atoms with Crippen molar-refractivity contribution in [2.75, 3.05) is 5.32 Å². The van der Waals surface area contributed by atoms with E-state index in [4.69, 9.17) is 0 Å².